The molecule has 0 aromatic heterocycles. The van der Waals surface area contributed by atoms with Gasteiger partial charge in [-0.3, -0.25) is 9.79 Å². The number of nitrogens with zero attached hydrogens (tertiary/aromatic N) is 2. The van der Waals surface area contributed by atoms with Crippen molar-refractivity contribution in [1.82, 2.24) is 10.6 Å². The minimum absolute atomic E-state index is 0. The van der Waals surface area contributed by atoms with Gasteiger partial charge >= 0.3 is 0 Å². The molecule has 160 valence electrons. The molecule has 1 saturated carbocycles. The van der Waals surface area contributed by atoms with Gasteiger partial charge in [-0.1, -0.05) is 24.3 Å². The van der Waals surface area contributed by atoms with E-state index in [1.807, 2.05) is 41.3 Å². The Hall–Kier alpha value is -2.16. The molecule has 1 aliphatic carbocycles. The van der Waals surface area contributed by atoms with Crippen LogP contribution in [0, 0.1) is 5.82 Å². The number of amides is 1. The van der Waals surface area contributed by atoms with E-state index in [-0.39, 0.29) is 41.1 Å². The summed E-state index contributed by atoms with van der Waals surface area (Å²) in [6, 6.07) is 14.9. The molecule has 1 amide bonds. The maximum Gasteiger partial charge on any atom is 0.227 e. The van der Waals surface area contributed by atoms with Crippen LogP contribution in [-0.4, -0.2) is 32.0 Å². The standard InChI is InChI=1S/C23H27FN4O.HI/c1-25-22(27-16-23(12-13-23)18-6-8-19(24)9-7-18)26-15-17-4-10-20(11-5-17)28-14-2-3-21(28)29;/h4-11H,2-3,12-16H2,1H3,(H2,25,26,27);1H. The van der Waals surface area contributed by atoms with Gasteiger partial charge in [0.15, 0.2) is 5.96 Å². The van der Waals surface area contributed by atoms with Gasteiger partial charge in [-0.25, -0.2) is 4.39 Å². The molecule has 7 heteroatoms. The van der Waals surface area contributed by atoms with Gasteiger partial charge in [-0.05, 0) is 54.7 Å². The Kier molecular flexibility index (Phi) is 7.33. The van der Waals surface area contributed by atoms with Gasteiger partial charge in [-0.15, -0.1) is 24.0 Å². The topological polar surface area (TPSA) is 56.7 Å². The number of carbonyl (C=O) groups excluding carboxylic acids is 1. The summed E-state index contributed by atoms with van der Waals surface area (Å²) >= 11 is 0. The zero-order valence-corrected chi connectivity index (χ0v) is 19.5. The zero-order chi connectivity index (χ0) is 20.3. The van der Waals surface area contributed by atoms with Gasteiger partial charge in [-0.2, -0.15) is 0 Å². The van der Waals surface area contributed by atoms with Crippen molar-refractivity contribution in [1.29, 1.82) is 0 Å². The molecule has 0 radical (unpaired) electrons. The molecule has 2 aromatic carbocycles. The van der Waals surface area contributed by atoms with Crippen LogP contribution >= 0.6 is 24.0 Å². The van der Waals surface area contributed by atoms with Gasteiger partial charge in [0.2, 0.25) is 5.91 Å². The highest BCUT2D eigenvalue weighted by Gasteiger charge is 2.44. The number of guanidine groups is 1. The van der Waals surface area contributed by atoms with Crippen LogP contribution in [0.25, 0.3) is 0 Å². The first-order valence-corrected chi connectivity index (χ1v) is 10.2. The number of halogens is 2. The number of hydrogen-bond acceptors (Lipinski definition) is 2. The normalized spacial score (nSPS) is 17.5. The van der Waals surface area contributed by atoms with Crippen molar-refractivity contribution in [2.24, 2.45) is 4.99 Å². The maximum atomic E-state index is 13.2. The van der Waals surface area contributed by atoms with Crippen molar-refractivity contribution in [3.05, 3.63) is 65.5 Å². The van der Waals surface area contributed by atoms with Crippen LogP contribution in [0.4, 0.5) is 10.1 Å². The Morgan fingerprint density at radius 2 is 1.80 bits per heavy atom. The fourth-order valence-corrected chi connectivity index (χ4v) is 3.90. The second-order valence-corrected chi connectivity index (χ2v) is 7.88. The van der Waals surface area contributed by atoms with Crippen LogP contribution in [0.2, 0.25) is 0 Å². The largest absolute Gasteiger partial charge is 0.356 e. The molecule has 2 aliphatic rings. The SMILES string of the molecule is CN=C(NCc1ccc(N2CCCC2=O)cc1)NCC1(c2ccc(F)cc2)CC1.I. The summed E-state index contributed by atoms with van der Waals surface area (Å²) in [7, 11) is 1.76. The predicted octanol–water partition coefficient (Wildman–Crippen LogP) is 3.97. The van der Waals surface area contributed by atoms with E-state index in [0.29, 0.717) is 13.0 Å². The van der Waals surface area contributed by atoms with E-state index in [1.54, 1.807) is 7.05 Å². The predicted molar refractivity (Wildman–Crippen MR) is 129 cm³/mol. The van der Waals surface area contributed by atoms with E-state index in [4.69, 9.17) is 0 Å². The molecule has 0 bridgehead atoms. The first-order valence-electron chi connectivity index (χ1n) is 10.2. The highest BCUT2D eigenvalue weighted by atomic mass is 127. The average molecular weight is 522 g/mol. The molecule has 2 aromatic rings. The number of hydrogen-bond donors (Lipinski definition) is 2. The maximum absolute atomic E-state index is 13.2. The molecule has 1 heterocycles. The average Bonchev–Trinajstić information content (AvgIpc) is 3.42. The smallest absolute Gasteiger partial charge is 0.227 e. The lowest BCUT2D eigenvalue weighted by Crippen LogP contribution is -2.40. The van der Waals surface area contributed by atoms with Crippen LogP contribution < -0.4 is 15.5 Å². The third kappa shape index (κ3) is 5.11. The molecule has 1 aliphatic heterocycles. The molecular weight excluding hydrogens is 494 g/mol. The third-order valence-corrected chi connectivity index (χ3v) is 5.91. The zero-order valence-electron chi connectivity index (χ0n) is 17.2. The minimum atomic E-state index is -0.199. The lowest BCUT2D eigenvalue weighted by molar-refractivity contribution is -0.117. The van der Waals surface area contributed by atoms with Crippen molar-refractivity contribution >= 4 is 41.5 Å². The molecular formula is C23H28FIN4O. The summed E-state index contributed by atoms with van der Waals surface area (Å²) in [5.41, 5.74) is 3.35. The fraction of sp³-hybridized carbons (Fsp3) is 0.391. The molecule has 0 atom stereocenters. The summed E-state index contributed by atoms with van der Waals surface area (Å²) in [5.74, 6) is 0.753. The monoisotopic (exact) mass is 522 g/mol. The lowest BCUT2D eigenvalue weighted by atomic mass is 9.96. The Bertz CT molecular complexity index is 894. The summed E-state index contributed by atoms with van der Waals surface area (Å²) < 4.78 is 13.2. The molecule has 2 N–H and O–H groups in total. The molecule has 0 unspecified atom stereocenters. The van der Waals surface area contributed by atoms with E-state index < -0.39 is 0 Å². The Labute approximate surface area is 194 Å². The fourth-order valence-electron chi connectivity index (χ4n) is 3.90. The van der Waals surface area contributed by atoms with Crippen LogP contribution in [0.5, 0.6) is 0 Å². The van der Waals surface area contributed by atoms with Crippen molar-refractivity contribution in [3.8, 4) is 0 Å². The van der Waals surface area contributed by atoms with Gasteiger partial charge in [0, 0.05) is 44.2 Å². The number of rotatable bonds is 6. The van der Waals surface area contributed by atoms with Gasteiger partial charge in [0.05, 0.1) is 0 Å². The van der Waals surface area contributed by atoms with E-state index in [9.17, 15) is 9.18 Å². The number of nitrogens with one attached hydrogen (secondary N) is 2. The lowest BCUT2D eigenvalue weighted by Gasteiger charge is -2.19. The Morgan fingerprint density at radius 3 is 2.37 bits per heavy atom. The highest BCUT2D eigenvalue weighted by Crippen LogP contribution is 2.47. The van der Waals surface area contributed by atoms with E-state index in [0.717, 1.165) is 49.6 Å². The van der Waals surface area contributed by atoms with E-state index in [1.165, 1.54) is 17.7 Å². The number of aliphatic imine (C=N–C) groups is 1. The van der Waals surface area contributed by atoms with Crippen molar-refractivity contribution in [2.75, 3.05) is 25.0 Å². The molecule has 0 spiro atoms. The molecule has 4 rings (SSSR count). The summed E-state index contributed by atoms with van der Waals surface area (Å²) in [6.07, 6.45) is 3.77. The van der Waals surface area contributed by atoms with Gasteiger partial charge in [0.1, 0.15) is 5.82 Å². The number of carbonyl (C=O) groups is 1. The second kappa shape index (κ2) is 9.76. The summed E-state index contributed by atoms with van der Waals surface area (Å²) in [5, 5.41) is 6.75. The summed E-state index contributed by atoms with van der Waals surface area (Å²) in [4.78, 5) is 18.0. The molecule has 30 heavy (non-hydrogen) atoms. The van der Waals surface area contributed by atoms with Crippen molar-refractivity contribution < 1.29 is 9.18 Å². The third-order valence-electron chi connectivity index (χ3n) is 5.91. The van der Waals surface area contributed by atoms with E-state index in [2.05, 4.69) is 15.6 Å². The second-order valence-electron chi connectivity index (χ2n) is 7.88. The van der Waals surface area contributed by atoms with Crippen molar-refractivity contribution in [2.45, 2.75) is 37.6 Å². The summed E-state index contributed by atoms with van der Waals surface area (Å²) in [6.45, 7) is 2.23. The molecule has 1 saturated heterocycles. The quantitative estimate of drug-likeness (QED) is 0.343. The number of benzene rings is 2. The van der Waals surface area contributed by atoms with Crippen molar-refractivity contribution in [3.63, 3.8) is 0 Å². The molecule has 5 nitrogen and oxygen atoms in total. The van der Waals surface area contributed by atoms with Crippen LogP contribution in [-0.2, 0) is 16.8 Å². The number of anilines is 1. The molecule has 2 fully saturated rings. The Balaban J connectivity index is 0.00000256. The Morgan fingerprint density at radius 1 is 1.10 bits per heavy atom. The van der Waals surface area contributed by atoms with Crippen LogP contribution in [0.1, 0.15) is 36.8 Å². The van der Waals surface area contributed by atoms with Crippen LogP contribution in [0.3, 0.4) is 0 Å². The minimum Gasteiger partial charge on any atom is -0.356 e. The first kappa shape index (κ1) is 22.5. The first-order chi connectivity index (χ1) is 14.1. The van der Waals surface area contributed by atoms with E-state index >= 15 is 0 Å². The van der Waals surface area contributed by atoms with Gasteiger partial charge < -0.3 is 15.5 Å². The highest BCUT2D eigenvalue weighted by molar-refractivity contribution is 14.0. The van der Waals surface area contributed by atoms with Gasteiger partial charge in [0.25, 0.3) is 0 Å². The van der Waals surface area contributed by atoms with Crippen LogP contribution in [0.15, 0.2) is 53.5 Å².